The largest absolute Gasteiger partial charge is 0.383 e. The molecule has 0 spiro atoms. The fraction of sp³-hybridized carbons (Fsp3) is 0.143. The zero-order chi connectivity index (χ0) is 20.5. The van der Waals surface area contributed by atoms with Gasteiger partial charge in [-0.1, -0.05) is 12.1 Å². The van der Waals surface area contributed by atoms with Crippen LogP contribution in [0.2, 0.25) is 0 Å². The van der Waals surface area contributed by atoms with Gasteiger partial charge in [0.25, 0.3) is 5.56 Å². The van der Waals surface area contributed by atoms with Gasteiger partial charge in [-0.3, -0.25) is 9.36 Å². The van der Waals surface area contributed by atoms with E-state index in [-0.39, 0.29) is 5.56 Å². The predicted molar refractivity (Wildman–Crippen MR) is 112 cm³/mol. The molecule has 9 heteroatoms. The molecule has 0 aliphatic rings. The Morgan fingerprint density at radius 3 is 2.63 bits per heavy atom. The summed E-state index contributed by atoms with van der Waals surface area (Å²) in [4.78, 5) is 30.1. The maximum absolute atomic E-state index is 13.2. The van der Waals surface area contributed by atoms with E-state index < -0.39 is 0 Å². The van der Waals surface area contributed by atoms with Crippen molar-refractivity contribution in [2.24, 2.45) is 5.10 Å². The van der Waals surface area contributed by atoms with Gasteiger partial charge in [0, 0.05) is 24.8 Å². The predicted octanol–water partition coefficient (Wildman–Crippen LogP) is 1.64. The molecule has 9 nitrogen and oxygen atoms in total. The fourth-order valence-corrected chi connectivity index (χ4v) is 3.32. The number of pyridine rings is 1. The molecule has 0 amide bonds. The van der Waals surface area contributed by atoms with Crippen molar-refractivity contribution in [2.75, 3.05) is 13.7 Å². The molecule has 0 atom stereocenters. The van der Waals surface area contributed by atoms with Crippen LogP contribution >= 0.6 is 0 Å². The van der Waals surface area contributed by atoms with Crippen LogP contribution in [0, 0.1) is 0 Å². The second-order valence-electron chi connectivity index (χ2n) is 6.71. The summed E-state index contributed by atoms with van der Waals surface area (Å²) in [6, 6.07) is 11.3. The molecule has 5 aromatic rings. The molecule has 148 valence electrons. The van der Waals surface area contributed by atoms with E-state index in [0.717, 1.165) is 11.1 Å². The van der Waals surface area contributed by atoms with E-state index in [4.69, 9.17) is 14.7 Å². The van der Waals surface area contributed by atoms with E-state index in [2.05, 4.69) is 15.1 Å². The van der Waals surface area contributed by atoms with Crippen molar-refractivity contribution in [1.82, 2.24) is 24.2 Å². The lowest BCUT2D eigenvalue weighted by Gasteiger charge is -2.04. The SMILES string of the molecule is COCCn1cnc2c(c1=O)c1nc3ccccc3nc1n2/N=C\c1cc[nH+]cc1. The highest BCUT2D eigenvalue weighted by Gasteiger charge is 2.19. The van der Waals surface area contributed by atoms with Crippen LogP contribution in [0.25, 0.3) is 33.2 Å². The van der Waals surface area contributed by atoms with Crippen molar-refractivity contribution < 1.29 is 9.72 Å². The number of aromatic amines is 1. The minimum atomic E-state index is -0.199. The number of rotatable bonds is 5. The highest BCUT2D eigenvalue weighted by atomic mass is 16.5. The van der Waals surface area contributed by atoms with Crippen LogP contribution in [0.3, 0.4) is 0 Å². The Bertz CT molecular complexity index is 1460. The van der Waals surface area contributed by atoms with Crippen LogP contribution in [-0.2, 0) is 11.3 Å². The minimum Gasteiger partial charge on any atom is -0.383 e. The number of nitrogens with one attached hydrogen (secondary N) is 1. The average molecular weight is 400 g/mol. The quantitative estimate of drug-likeness (QED) is 0.418. The molecule has 0 saturated heterocycles. The molecule has 0 saturated carbocycles. The number of hydrogen-bond donors (Lipinski definition) is 0. The Morgan fingerprint density at radius 2 is 1.87 bits per heavy atom. The Labute approximate surface area is 170 Å². The van der Waals surface area contributed by atoms with Gasteiger partial charge in [0.15, 0.2) is 23.7 Å². The lowest BCUT2D eigenvalue weighted by Crippen LogP contribution is -2.22. The zero-order valence-corrected chi connectivity index (χ0v) is 16.2. The fourth-order valence-electron chi connectivity index (χ4n) is 3.32. The molecular formula is C21H18N7O2+. The number of fused-ring (bicyclic) bond motifs is 4. The second kappa shape index (κ2) is 7.45. The van der Waals surface area contributed by atoms with Gasteiger partial charge in [0.1, 0.15) is 17.2 Å². The van der Waals surface area contributed by atoms with E-state index >= 15 is 0 Å². The molecule has 0 radical (unpaired) electrons. The molecule has 0 bridgehead atoms. The summed E-state index contributed by atoms with van der Waals surface area (Å²) in [7, 11) is 1.59. The molecule has 0 aliphatic carbocycles. The van der Waals surface area contributed by atoms with Gasteiger partial charge in [-0.15, -0.1) is 0 Å². The Morgan fingerprint density at radius 1 is 1.10 bits per heavy atom. The lowest BCUT2D eigenvalue weighted by atomic mass is 10.3. The molecule has 1 aromatic carbocycles. The molecule has 5 rings (SSSR count). The van der Waals surface area contributed by atoms with Crippen molar-refractivity contribution in [3.8, 4) is 0 Å². The summed E-state index contributed by atoms with van der Waals surface area (Å²) < 4.78 is 8.19. The zero-order valence-electron chi connectivity index (χ0n) is 16.2. The maximum Gasteiger partial charge on any atom is 0.265 e. The molecule has 4 heterocycles. The molecule has 30 heavy (non-hydrogen) atoms. The average Bonchev–Trinajstić information content (AvgIpc) is 3.09. The van der Waals surface area contributed by atoms with Crippen LogP contribution in [0.15, 0.2) is 65.0 Å². The van der Waals surface area contributed by atoms with E-state index in [1.165, 1.54) is 10.9 Å². The maximum atomic E-state index is 13.2. The van der Waals surface area contributed by atoms with Crippen LogP contribution in [0.4, 0.5) is 0 Å². The van der Waals surface area contributed by atoms with Gasteiger partial charge in [0.05, 0.1) is 30.4 Å². The summed E-state index contributed by atoms with van der Waals surface area (Å²) in [5.74, 6) is 0. The number of nitrogens with zero attached hydrogens (tertiary/aromatic N) is 6. The molecule has 1 N–H and O–H groups in total. The van der Waals surface area contributed by atoms with Crippen molar-refractivity contribution in [2.45, 2.75) is 6.54 Å². The van der Waals surface area contributed by atoms with E-state index in [1.807, 2.05) is 48.8 Å². The minimum absolute atomic E-state index is 0.199. The van der Waals surface area contributed by atoms with Crippen LogP contribution in [-0.4, -0.2) is 44.1 Å². The summed E-state index contributed by atoms with van der Waals surface area (Å²) in [6.07, 6.45) is 6.83. The summed E-state index contributed by atoms with van der Waals surface area (Å²) in [5, 5.41) is 4.96. The highest BCUT2D eigenvalue weighted by Crippen LogP contribution is 2.24. The molecule has 0 unspecified atom stereocenters. The van der Waals surface area contributed by atoms with Gasteiger partial charge < -0.3 is 4.74 Å². The Balaban J connectivity index is 1.82. The first kappa shape index (κ1) is 18.1. The van der Waals surface area contributed by atoms with Crippen molar-refractivity contribution in [1.29, 1.82) is 0 Å². The molecule has 0 fully saturated rings. The molecule has 0 aliphatic heterocycles. The molecule has 4 aromatic heterocycles. The third kappa shape index (κ3) is 3.01. The van der Waals surface area contributed by atoms with E-state index in [9.17, 15) is 4.79 Å². The standard InChI is InChI=1S/C21H17N7O2/c1-30-11-10-27-13-23-19-17(21(27)29)18-20(26-16-5-3-2-4-15(16)25-18)28(19)24-12-14-6-8-22-9-7-14/h2-9,12-13H,10-11H2,1H3/p+1/b24-12-. The second-order valence-corrected chi connectivity index (χ2v) is 6.71. The Hall–Kier alpha value is -3.98. The van der Waals surface area contributed by atoms with Crippen molar-refractivity contribution in [3.05, 3.63) is 71.0 Å². The van der Waals surface area contributed by atoms with Crippen LogP contribution < -0.4 is 10.5 Å². The highest BCUT2D eigenvalue weighted by molar-refractivity contribution is 6.04. The number of methoxy groups -OCH3 is 1. The number of benzene rings is 1. The topological polar surface area (TPSA) is 101 Å². The first-order chi connectivity index (χ1) is 14.8. The van der Waals surface area contributed by atoms with E-state index in [1.54, 1.807) is 18.0 Å². The third-order valence-electron chi connectivity index (χ3n) is 4.81. The van der Waals surface area contributed by atoms with Crippen molar-refractivity contribution in [3.63, 3.8) is 0 Å². The molecular weight excluding hydrogens is 382 g/mol. The summed E-state index contributed by atoms with van der Waals surface area (Å²) >= 11 is 0. The third-order valence-corrected chi connectivity index (χ3v) is 4.81. The smallest absolute Gasteiger partial charge is 0.265 e. The summed E-state index contributed by atoms with van der Waals surface area (Å²) in [5.41, 5.74) is 3.50. The van der Waals surface area contributed by atoms with Gasteiger partial charge in [0.2, 0.25) is 0 Å². The Kier molecular flexibility index (Phi) is 4.49. The first-order valence-corrected chi connectivity index (χ1v) is 9.42. The van der Waals surface area contributed by atoms with Gasteiger partial charge in [-0.2, -0.15) is 9.78 Å². The number of ether oxygens (including phenoxy) is 1. The first-order valence-electron chi connectivity index (χ1n) is 9.42. The van der Waals surface area contributed by atoms with Gasteiger partial charge >= 0.3 is 0 Å². The van der Waals surface area contributed by atoms with E-state index in [0.29, 0.717) is 40.9 Å². The number of hydrogen-bond acceptors (Lipinski definition) is 6. The van der Waals surface area contributed by atoms with Gasteiger partial charge in [-0.25, -0.2) is 19.9 Å². The van der Waals surface area contributed by atoms with Crippen LogP contribution in [0.1, 0.15) is 5.56 Å². The van der Waals surface area contributed by atoms with Gasteiger partial charge in [-0.05, 0) is 12.1 Å². The summed E-state index contributed by atoms with van der Waals surface area (Å²) in [6.45, 7) is 0.805. The van der Waals surface area contributed by atoms with Crippen LogP contribution in [0.5, 0.6) is 0 Å². The number of aromatic nitrogens is 6. The number of para-hydroxylation sites is 2. The monoisotopic (exact) mass is 400 g/mol. The number of H-pyrrole nitrogens is 1. The normalized spacial score (nSPS) is 11.9. The van der Waals surface area contributed by atoms with Crippen molar-refractivity contribution >= 4 is 39.4 Å². The lowest BCUT2D eigenvalue weighted by molar-refractivity contribution is -0.378.